The average Bonchev–Trinajstić information content (AvgIpc) is 2.85. The smallest absolute Gasteiger partial charge is 0.414 e. The molecule has 0 spiro atoms. The van der Waals surface area contributed by atoms with Gasteiger partial charge in [0.15, 0.2) is 6.10 Å². The van der Waals surface area contributed by atoms with Crippen LogP contribution in [0.1, 0.15) is 11.1 Å². The van der Waals surface area contributed by atoms with Crippen molar-refractivity contribution in [2.75, 3.05) is 0 Å². The monoisotopic (exact) mass is 297 g/mol. The Kier molecular flexibility index (Phi) is 4.05. The predicted octanol–water partition coefficient (Wildman–Crippen LogP) is 2.44. The van der Waals surface area contributed by atoms with Crippen LogP contribution >= 0.6 is 0 Å². The molecule has 1 atom stereocenters. The predicted molar refractivity (Wildman–Crippen MR) is 79.3 cm³/mol. The third-order valence-corrected chi connectivity index (χ3v) is 3.36. The fourth-order valence-corrected chi connectivity index (χ4v) is 2.20. The molecular formula is C17H15NO4. The van der Waals surface area contributed by atoms with Crippen molar-refractivity contribution in [3.8, 4) is 5.75 Å². The lowest BCUT2D eigenvalue weighted by atomic mass is 10.1. The van der Waals surface area contributed by atoms with Crippen LogP contribution in [0.4, 0.5) is 4.79 Å². The van der Waals surface area contributed by atoms with Crippen LogP contribution in [0.25, 0.3) is 0 Å². The van der Waals surface area contributed by atoms with Crippen molar-refractivity contribution < 1.29 is 19.1 Å². The number of alkyl carbamates (subject to hydrolysis) is 1. The standard InChI is InChI=1S/C17H15NO4/c19-16-15(22-17(20)18-16)10-12-6-8-14(9-7-12)21-11-13-4-2-1-3-5-13/h1-9,15H,10-11H2,(H,18,19,20)/t15-/m1/s1. The molecule has 5 nitrogen and oxygen atoms in total. The van der Waals surface area contributed by atoms with E-state index < -0.39 is 18.1 Å². The summed E-state index contributed by atoms with van der Waals surface area (Å²) < 4.78 is 10.6. The number of carbonyl (C=O) groups is 2. The van der Waals surface area contributed by atoms with Crippen molar-refractivity contribution in [2.24, 2.45) is 0 Å². The lowest BCUT2D eigenvalue weighted by Gasteiger charge is -2.09. The van der Waals surface area contributed by atoms with Gasteiger partial charge in [0.1, 0.15) is 12.4 Å². The maximum atomic E-state index is 11.4. The first kappa shape index (κ1) is 14.1. The zero-order valence-electron chi connectivity index (χ0n) is 11.8. The zero-order chi connectivity index (χ0) is 15.4. The molecule has 2 aromatic rings. The molecule has 1 aliphatic heterocycles. The van der Waals surface area contributed by atoms with Crippen molar-refractivity contribution in [1.29, 1.82) is 0 Å². The van der Waals surface area contributed by atoms with E-state index in [-0.39, 0.29) is 0 Å². The normalized spacial score (nSPS) is 17.0. The third kappa shape index (κ3) is 3.44. The van der Waals surface area contributed by atoms with E-state index in [0.717, 1.165) is 16.9 Å². The molecule has 1 aliphatic rings. The summed E-state index contributed by atoms with van der Waals surface area (Å²) in [5.41, 5.74) is 2.00. The number of cyclic esters (lactones) is 1. The van der Waals surface area contributed by atoms with Gasteiger partial charge >= 0.3 is 6.09 Å². The molecule has 1 N–H and O–H groups in total. The molecule has 1 fully saturated rings. The molecule has 2 aromatic carbocycles. The van der Waals surface area contributed by atoms with Crippen molar-refractivity contribution in [3.63, 3.8) is 0 Å². The van der Waals surface area contributed by atoms with Gasteiger partial charge in [-0.05, 0) is 23.3 Å². The van der Waals surface area contributed by atoms with Crippen molar-refractivity contribution in [1.82, 2.24) is 5.32 Å². The second kappa shape index (κ2) is 6.30. The maximum absolute atomic E-state index is 11.4. The summed E-state index contributed by atoms with van der Waals surface area (Å²) >= 11 is 0. The van der Waals surface area contributed by atoms with Crippen molar-refractivity contribution in [2.45, 2.75) is 19.1 Å². The van der Waals surface area contributed by atoms with Crippen LogP contribution in [-0.2, 0) is 22.6 Å². The summed E-state index contributed by atoms with van der Waals surface area (Å²) in [6, 6.07) is 17.3. The van der Waals surface area contributed by atoms with Gasteiger partial charge in [0.2, 0.25) is 0 Å². The van der Waals surface area contributed by atoms with Crippen molar-refractivity contribution >= 4 is 12.0 Å². The van der Waals surface area contributed by atoms with Crippen LogP contribution in [0, 0.1) is 0 Å². The van der Waals surface area contributed by atoms with Crippen LogP contribution in [0.15, 0.2) is 54.6 Å². The quantitative estimate of drug-likeness (QED) is 0.920. The summed E-state index contributed by atoms with van der Waals surface area (Å²) in [5.74, 6) is 0.356. The van der Waals surface area contributed by atoms with Crippen LogP contribution in [0.3, 0.4) is 0 Å². The van der Waals surface area contributed by atoms with Crippen LogP contribution < -0.4 is 10.1 Å². The Morgan fingerprint density at radius 3 is 2.32 bits per heavy atom. The van der Waals surface area contributed by atoms with Gasteiger partial charge in [-0.2, -0.15) is 0 Å². The Balaban J connectivity index is 1.56. The number of hydrogen-bond acceptors (Lipinski definition) is 4. The second-order valence-electron chi connectivity index (χ2n) is 5.01. The molecule has 0 radical (unpaired) electrons. The molecule has 2 amide bonds. The van der Waals surface area contributed by atoms with E-state index in [2.05, 4.69) is 5.32 Å². The van der Waals surface area contributed by atoms with Gasteiger partial charge in [0.05, 0.1) is 0 Å². The average molecular weight is 297 g/mol. The minimum absolute atomic E-state index is 0.358. The Morgan fingerprint density at radius 1 is 0.955 bits per heavy atom. The number of carbonyl (C=O) groups excluding carboxylic acids is 2. The molecular weight excluding hydrogens is 282 g/mol. The summed E-state index contributed by atoms with van der Waals surface area (Å²) in [7, 11) is 0. The summed E-state index contributed by atoms with van der Waals surface area (Å²) in [4.78, 5) is 22.4. The Hall–Kier alpha value is -2.82. The highest BCUT2D eigenvalue weighted by Gasteiger charge is 2.31. The fourth-order valence-electron chi connectivity index (χ4n) is 2.20. The van der Waals surface area contributed by atoms with Gasteiger partial charge < -0.3 is 9.47 Å². The van der Waals surface area contributed by atoms with Gasteiger partial charge in [0, 0.05) is 6.42 Å². The summed E-state index contributed by atoms with van der Waals surface area (Å²) in [5, 5.41) is 2.11. The first-order chi connectivity index (χ1) is 10.7. The first-order valence-corrected chi connectivity index (χ1v) is 6.98. The van der Waals surface area contributed by atoms with Crippen LogP contribution in [0.2, 0.25) is 0 Å². The molecule has 0 aromatic heterocycles. The molecule has 112 valence electrons. The highest BCUT2D eigenvalue weighted by atomic mass is 16.6. The van der Waals surface area contributed by atoms with Crippen LogP contribution in [-0.4, -0.2) is 18.1 Å². The van der Waals surface area contributed by atoms with E-state index in [0.29, 0.717) is 13.0 Å². The Labute approximate surface area is 127 Å². The first-order valence-electron chi connectivity index (χ1n) is 6.98. The number of hydrogen-bond donors (Lipinski definition) is 1. The van der Waals surface area contributed by atoms with E-state index in [1.165, 1.54) is 0 Å². The molecule has 0 bridgehead atoms. The largest absolute Gasteiger partial charge is 0.489 e. The van der Waals surface area contributed by atoms with E-state index in [1.54, 1.807) is 0 Å². The molecule has 22 heavy (non-hydrogen) atoms. The van der Waals surface area contributed by atoms with E-state index in [4.69, 9.17) is 9.47 Å². The number of imide groups is 1. The summed E-state index contributed by atoms with van der Waals surface area (Å²) in [6.45, 7) is 0.503. The highest BCUT2D eigenvalue weighted by molar-refractivity contribution is 6.00. The molecule has 0 aliphatic carbocycles. The van der Waals surface area contributed by atoms with E-state index in [1.807, 2.05) is 54.6 Å². The summed E-state index contributed by atoms with van der Waals surface area (Å²) in [6.07, 6.45) is -1.07. The molecule has 0 unspecified atom stereocenters. The van der Waals surface area contributed by atoms with Gasteiger partial charge in [0.25, 0.3) is 5.91 Å². The number of amides is 2. The number of rotatable bonds is 5. The molecule has 5 heteroatoms. The molecule has 3 rings (SSSR count). The number of nitrogens with one attached hydrogen (secondary N) is 1. The lowest BCUT2D eigenvalue weighted by molar-refractivity contribution is -0.123. The van der Waals surface area contributed by atoms with Crippen LogP contribution in [0.5, 0.6) is 5.75 Å². The maximum Gasteiger partial charge on any atom is 0.414 e. The second-order valence-corrected chi connectivity index (χ2v) is 5.01. The van der Waals surface area contributed by atoms with Gasteiger partial charge in [-0.1, -0.05) is 42.5 Å². The van der Waals surface area contributed by atoms with Crippen molar-refractivity contribution in [3.05, 3.63) is 65.7 Å². The van der Waals surface area contributed by atoms with E-state index in [9.17, 15) is 9.59 Å². The molecule has 1 saturated heterocycles. The van der Waals surface area contributed by atoms with Gasteiger partial charge in [-0.3, -0.25) is 10.1 Å². The number of benzene rings is 2. The molecule has 1 heterocycles. The Bertz CT molecular complexity index is 667. The topological polar surface area (TPSA) is 64.6 Å². The zero-order valence-corrected chi connectivity index (χ0v) is 11.8. The SMILES string of the molecule is O=C1NC(=O)[C@@H](Cc2ccc(OCc3ccccc3)cc2)O1. The number of ether oxygens (including phenoxy) is 2. The molecule has 0 saturated carbocycles. The highest BCUT2D eigenvalue weighted by Crippen LogP contribution is 2.17. The fraction of sp³-hybridized carbons (Fsp3) is 0.176. The minimum atomic E-state index is -0.747. The van der Waals surface area contributed by atoms with Gasteiger partial charge in [-0.25, -0.2) is 4.79 Å². The van der Waals surface area contributed by atoms with E-state index >= 15 is 0 Å². The third-order valence-electron chi connectivity index (χ3n) is 3.36. The Morgan fingerprint density at radius 2 is 1.68 bits per heavy atom. The minimum Gasteiger partial charge on any atom is -0.489 e. The lowest BCUT2D eigenvalue weighted by Crippen LogP contribution is -2.25. The van der Waals surface area contributed by atoms with Gasteiger partial charge in [-0.15, -0.1) is 0 Å².